The molecule has 0 heterocycles. The van der Waals surface area contributed by atoms with Crippen molar-refractivity contribution in [2.45, 2.75) is 32.0 Å². The van der Waals surface area contributed by atoms with Crippen molar-refractivity contribution in [1.29, 1.82) is 0 Å². The van der Waals surface area contributed by atoms with Gasteiger partial charge in [-0.1, -0.05) is 23.7 Å². The molecule has 0 spiro atoms. The normalized spacial score (nSPS) is 14.8. The number of hydrogen-bond acceptors (Lipinski definition) is 2. The zero-order valence-corrected chi connectivity index (χ0v) is 15.2. The zero-order chi connectivity index (χ0) is 17.6. The number of quaternary nitrogens is 1. The molecule has 1 amide bonds. The van der Waals surface area contributed by atoms with Gasteiger partial charge in [0.15, 0.2) is 6.54 Å². The average Bonchev–Trinajstić information content (AvgIpc) is 3.46. The van der Waals surface area contributed by atoms with Crippen LogP contribution in [0.3, 0.4) is 0 Å². The number of methoxy groups -OCH3 is 1. The van der Waals surface area contributed by atoms with Crippen LogP contribution in [-0.4, -0.2) is 25.6 Å². The highest BCUT2D eigenvalue weighted by Gasteiger charge is 2.34. The summed E-state index contributed by atoms with van der Waals surface area (Å²) in [6, 6.07) is 16.3. The number of carbonyl (C=O) groups is 1. The van der Waals surface area contributed by atoms with Crippen LogP contribution >= 0.6 is 11.6 Å². The van der Waals surface area contributed by atoms with E-state index in [9.17, 15) is 4.79 Å². The first-order valence-electron chi connectivity index (χ1n) is 8.62. The topological polar surface area (TPSA) is 42.8 Å². The van der Waals surface area contributed by atoms with Gasteiger partial charge in [0, 0.05) is 30.0 Å². The van der Waals surface area contributed by atoms with Crippen molar-refractivity contribution in [1.82, 2.24) is 5.32 Å². The van der Waals surface area contributed by atoms with Crippen LogP contribution in [0.4, 0.5) is 0 Å². The zero-order valence-electron chi connectivity index (χ0n) is 14.4. The summed E-state index contributed by atoms with van der Waals surface area (Å²) in [5.41, 5.74) is 2.29. The molecule has 1 saturated carbocycles. The molecule has 132 valence electrons. The predicted octanol–water partition coefficient (Wildman–Crippen LogP) is 2.21. The van der Waals surface area contributed by atoms with Gasteiger partial charge in [0.05, 0.1) is 13.2 Å². The predicted molar refractivity (Wildman–Crippen MR) is 98.8 cm³/mol. The van der Waals surface area contributed by atoms with Gasteiger partial charge in [-0.3, -0.25) is 4.79 Å². The number of ether oxygens (including phenoxy) is 1. The molecule has 1 unspecified atom stereocenters. The summed E-state index contributed by atoms with van der Waals surface area (Å²) in [4.78, 5) is 13.7. The smallest absolute Gasteiger partial charge is 0.275 e. The van der Waals surface area contributed by atoms with Gasteiger partial charge in [0.1, 0.15) is 12.3 Å². The van der Waals surface area contributed by atoms with E-state index in [2.05, 4.69) is 17.4 Å². The fourth-order valence-corrected chi connectivity index (χ4v) is 3.05. The van der Waals surface area contributed by atoms with Gasteiger partial charge in [0.2, 0.25) is 0 Å². The summed E-state index contributed by atoms with van der Waals surface area (Å²) in [6.45, 7) is 1.91. The Morgan fingerprint density at radius 2 is 1.76 bits per heavy atom. The lowest BCUT2D eigenvalue weighted by atomic mass is 10.2. The fraction of sp³-hybridized carbons (Fsp3) is 0.350. The maximum atomic E-state index is 12.3. The summed E-state index contributed by atoms with van der Waals surface area (Å²) < 4.78 is 5.20. The lowest BCUT2D eigenvalue weighted by Crippen LogP contribution is -3.13. The fourth-order valence-electron chi connectivity index (χ4n) is 2.92. The molecule has 1 fully saturated rings. The molecule has 5 heteroatoms. The Hall–Kier alpha value is -2.04. The third-order valence-corrected chi connectivity index (χ3v) is 4.79. The van der Waals surface area contributed by atoms with Gasteiger partial charge in [-0.15, -0.1) is 0 Å². The van der Waals surface area contributed by atoms with E-state index in [1.54, 1.807) is 7.11 Å². The van der Waals surface area contributed by atoms with Crippen LogP contribution < -0.4 is 15.0 Å². The Balaban J connectivity index is 1.52. The van der Waals surface area contributed by atoms with Crippen LogP contribution in [0.5, 0.6) is 5.75 Å². The SMILES string of the molecule is COc1ccc(C[NH+](CC(=O)NCc2ccc(Cl)cc2)C2CC2)cc1. The second kappa shape index (κ2) is 8.37. The Labute approximate surface area is 153 Å². The van der Waals surface area contributed by atoms with E-state index in [0.717, 1.165) is 17.9 Å². The second-order valence-corrected chi connectivity index (χ2v) is 6.97. The van der Waals surface area contributed by atoms with Crippen molar-refractivity contribution in [3.63, 3.8) is 0 Å². The molecule has 4 nitrogen and oxygen atoms in total. The Kier molecular flexibility index (Phi) is 5.95. The Bertz CT molecular complexity index is 697. The molecule has 2 N–H and O–H groups in total. The number of benzene rings is 2. The van der Waals surface area contributed by atoms with E-state index in [1.807, 2.05) is 36.4 Å². The standard InChI is InChI=1S/C20H23ClN2O2/c1-25-19-10-4-16(5-11-19)13-23(18-8-9-18)14-20(24)22-12-15-2-6-17(21)7-3-15/h2-7,10-11,18H,8-9,12-14H2,1H3,(H,22,24)/p+1. The van der Waals surface area contributed by atoms with Gasteiger partial charge in [0.25, 0.3) is 5.91 Å². The first-order chi connectivity index (χ1) is 12.1. The summed E-state index contributed by atoms with van der Waals surface area (Å²) in [7, 11) is 1.67. The number of nitrogens with one attached hydrogen (secondary N) is 2. The molecule has 1 aliphatic carbocycles. The molecule has 2 aromatic carbocycles. The summed E-state index contributed by atoms with van der Waals surface area (Å²) >= 11 is 5.88. The van der Waals surface area contributed by atoms with E-state index in [0.29, 0.717) is 24.2 Å². The number of hydrogen-bond donors (Lipinski definition) is 2. The minimum atomic E-state index is 0.0883. The lowest BCUT2D eigenvalue weighted by molar-refractivity contribution is -0.917. The molecule has 0 radical (unpaired) electrons. The molecule has 0 bridgehead atoms. The van der Waals surface area contributed by atoms with E-state index < -0.39 is 0 Å². The quantitative estimate of drug-likeness (QED) is 0.759. The van der Waals surface area contributed by atoms with Gasteiger partial charge in [-0.25, -0.2) is 0 Å². The van der Waals surface area contributed by atoms with E-state index in [-0.39, 0.29) is 5.91 Å². The highest BCUT2D eigenvalue weighted by atomic mass is 35.5. The van der Waals surface area contributed by atoms with Gasteiger partial charge in [-0.05, 0) is 42.0 Å². The largest absolute Gasteiger partial charge is 0.497 e. The highest BCUT2D eigenvalue weighted by molar-refractivity contribution is 6.30. The maximum Gasteiger partial charge on any atom is 0.275 e. The number of amides is 1. The third-order valence-electron chi connectivity index (χ3n) is 4.54. The van der Waals surface area contributed by atoms with Gasteiger partial charge >= 0.3 is 0 Å². The summed E-state index contributed by atoms with van der Waals surface area (Å²) in [6.07, 6.45) is 2.41. The molecule has 1 atom stereocenters. The van der Waals surface area contributed by atoms with Gasteiger partial charge < -0.3 is 15.0 Å². The van der Waals surface area contributed by atoms with Crippen molar-refractivity contribution < 1.29 is 14.4 Å². The Morgan fingerprint density at radius 1 is 1.12 bits per heavy atom. The number of carbonyl (C=O) groups excluding carboxylic acids is 1. The summed E-state index contributed by atoms with van der Waals surface area (Å²) in [5, 5.41) is 3.72. The van der Waals surface area contributed by atoms with E-state index in [4.69, 9.17) is 16.3 Å². The van der Waals surface area contributed by atoms with Crippen molar-refractivity contribution in [3.05, 3.63) is 64.7 Å². The summed E-state index contributed by atoms with van der Waals surface area (Å²) in [5.74, 6) is 0.947. The molecule has 2 aromatic rings. The van der Waals surface area contributed by atoms with Crippen molar-refractivity contribution >= 4 is 17.5 Å². The van der Waals surface area contributed by atoms with E-state index in [1.165, 1.54) is 23.3 Å². The molecule has 1 aliphatic rings. The average molecular weight is 360 g/mol. The molecule has 0 aromatic heterocycles. The minimum Gasteiger partial charge on any atom is -0.497 e. The van der Waals surface area contributed by atoms with Crippen LogP contribution in [0.25, 0.3) is 0 Å². The van der Waals surface area contributed by atoms with Crippen LogP contribution in [0.15, 0.2) is 48.5 Å². The molecular formula is C20H24ClN2O2+. The van der Waals surface area contributed by atoms with Crippen LogP contribution in [-0.2, 0) is 17.9 Å². The van der Waals surface area contributed by atoms with Gasteiger partial charge in [-0.2, -0.15) is 0 Å². The molecular weight excluding hydrogens is 336 g/mol. The minimum absolute atomic E-state index is 0.0883. The maximum absolute atomic E-state index is 12.3. The van der Waals surface area contributed by atoms with Crippen LogP contribution in [0.2, 0.25) is 5.02 Å². The van der Waals surface area contributed by atoms with Crippen LogP contribution in [0, 0.1) is 0 Å². The highest BCUT2D eigenvalue weighted by Crippen LogP contribution is 2.16. The molecule has 25 heavy (non-hydrogen) atoms. The van der Waals surface area contributed by atoms with Crippen LogP contribution in [0.1, 0.15) is 24.0 Å². The third kappa shape index (κ3) is 5.48. The first kappa shape index (κ1) is 17.8. The first-order valence-corrected chi connectivity index (χ1v) is 9.00. The van der Waals surface area contributed by atoms with Crippen molar-refractivity contribution in [3.8, 4) is 5.75 Å². The molecule has 0 aliphatic heterocycles. The van der Waals surface area contributed by atoms with Crippen molar-refractivity contribution in [2.75, 3.05) is 13.7 Å². The second-order valence-electron chi connectivity index (χ2n) is 6.54. The van der Waals surface area contributed by atoms with E-state index >= 15 is 0 Å². The monoisotopic (exact) mass is 359 g/mol. The Morgan fingerprint density at radius 3 is 2.36 bits per heavy atom. The molecule has 3 rings (SSSR count). The lowest BCUT2D eigenvalue weighted by Gasteiger charge is -2.19. The number of rotatable bonds is 8. The van der Waals surface area contributed by atoms with Crippen molar-refractivity contribution in [2.24, 2.45) is 0 Å². The number of halogens is 1. The molecule has 0 saturated heterocycles.